The van der Waals surface area contributed by atoms with Gasteiger partial charge in [-0.1, -0.05) is 12.5 Å². The summed E-state index contributed by atoms with van der Waals surface area (Å²) in [5.74, 6) is 0.915. The van der Waals surface area contributed by atoms with E-state index in [1.54, 1.807) is 31.4 Å². The monoisotopic (exact) mass is 451 g/mol. The molecule has 10 nitrogen and oxygen atoms in total. The summed E-state index contributed by atoms with van der Waals surface area (Å²) in [4.78, 5) is 7.99. The molecule has 1 saturated carbocycles. The van der Waals surface area contributed by atoms with Gasteiger partial charge in [0.25, 0.3) is 0 Å². The zero-order chi connectivity index (χ0) is 22.5. The van der Waals surface area contributed by atoms with Crippen molar-refractivity contribution in [3.8, 4) is 28.4 Å². The quantitative estimate of drug-likeness (QED) is 0.601. The van der Waals surface area contributed by atoms with Gasteiger partial charge in [-0.2, -0.15) is 4.80 Å². The molecule has 2 saturated heterocycles. The lowest BCUT2D eigenvalue weighted by Crippen LogP contribution is -2.62. The van der Waals surface area contributed by atoms with Gasteiger partial charge in [-0.3, -0.25) is 0 Å². The Bertz CT molecular complexity index is 1150. The number of aromatic hydroxyl groups is 1. The van der Waals surface area contributed by atoms with Gasteiger partial charge in [0, 0.05) is 29.3 Å². The van der Waals surface area contributed by atoms with Crippen LogP contribution in [0.1, 0.15) is 38.5 Å². The van der Waals surface area contributed by atoms with E-state index in [1.807, 2.05) is 0 Å². The fourth-order valence-corrected chi connectivity index (χ4v) is 5.18. The maximum absolute atomic E-state index is 15.4. The topological polar surface area (TPSA) is 118 Å². The van der Waals surface area contributed by atoms with Crippen LogP contribution < -0.4 is 10.2 Å². The molecule has 33 heavy (non-hydrogen) atoms. The molecule has 2 aromatic heterocycles. The number of fused-ring (bicyclic) bond motifs is 2. The molecule has 2 aliphatic heterocycles. The van der Waals surface area contributed by atoms with Crippen LogP contribution in [0, 0.1) is 0 Å². The van der Waals surface area contributed by atoms with Crippen LogP contribution in [0.25, 0.3) is 22.6 Å². The van der Waals surface area contributed by atoms with E-state index in [9.17, 15) is 5.11 Å². The van der Waals surface area contributed by atoms with E-state index < -0.39 is 6.17 Å². The van der Waals surface area contributed by atoms with E-state index in [0.29, 0.717) is 34.6 Å². The minimum atomic E-state index is -0.947. The Morgan fingerprint density at radius 1 is 1.15 bits per heavy atom. The number of phenolic OH excluding ortho intramolecular Hbond substituents is 1. The molecule has 0 spiro atoms. The first kappa shape index (κ1) is 20.4. The third kappa shape index (κ3) is 3.79. The minimum Gasteiger partial charge on any atom is -0.507 e. The highest BCUT2D eigenvalue weighted by atomic mass is 19.1. The van der Waals surface area contributed by atoms with Crippen molar-refractivity contribution >= 4 is 5.95 Å². The van der Waals surface area contributed by atoms with Gasteiger partial charge in [0.1, 0.15) is 17.6 Å². The van der Waals surface area contributed by atoms with E-state index in [-0.39, 0.29) is 23.9 Å². The van der Waals surface area contributed by atoms with Crippen molar-refractivity contribution in [3.05, 3.63) is 24.4 Å². The number of benzene rings is 1. The number of rotatable bonds is 5. The van der Waals surface area contributed by atoms with Gasteiger partial charge in [0.05, 0.1) is 19.3 Å². The average Bonchev–Trinajstić information content (AvgIpc) is 3.57. The molecule has 172 valence electrons. The predicted molar refractivity (Wildman–Crippen MR) is 118 cm³/mol. The highest BCUT2D eigenvalue weighted by Crippen LogP contribution is 2.39. The highest BCUT2D eigenvalue weighted by Gasteiger charge is 2.47. The Hall–Kier alpha value is -3.21. The molecule has 0 amide bonds. The van der Waals surface area contributed by atoms with Gasteiger partial charge < -0.3 is 15.3 Å². The number of hydrogen-bond acceptors (Lipinski definition) is 9. The molecule has 4 atom stereocenters. The summed E-state index contributed by atoms with van der Waals surface area (Å²) in [7, 11) is 1.68. The number of phenols is 1. The summed E-state index contributed by atoms with van der Waals surface area (Å²) in [6, 6.07) is 5.40. The molecule has 3 aliphatic rings. The molecule has 2 bridgehead atoms. The number of halogens is 1. The number of nitrogens with zero attached hydrogens (tertiary/aromatic N) is 8. The van der Waals surface area contributed by atoms with E-state index >= 15 is 4.39 Å². The molecule has 6 rings (SSSR count). The number of piperidine rings is 2. The van der Waals surface area contributed by atoms with Crippen molar-refractivity contribution in [3.63, 3.8) is 0 Å². The molecule has 1 aliphatic carbocycles. The first-order valence-corrected chi connectivity index (χ1v) is 11.5. The van der Waals surface area contributed by atoms with Crippen molar-refractivity contribution in [2.45, 2.75) is 68.9 Å². The van der Waals surface area contributed by atoms with Crippen LogP contribution in [0.4, 0.5) is 10.3 Å². The van der Waals surface area contributed by atoms with Gasteiger partial charge in [-0.05, 0) is 49.5 Å². The van der Waals surface area contributed by atoms with Crippen molar-refractivity contribution in [1.82, 2.24) is 40.7 Å². The second kappa shape index (κ2) is 7.98. The number of tetrazole rings is 1. The Morgan fingerprint density at radius 3 is 2.73 bits per heavy atom. The number of aryl methyl sites for hydroxylation is 1. The van der Waals surface area contributed by atoms with Gasteiger partial charge in [0.2, 0.25) is 11.8 Å². The molecule has 3 aromatic rings. The SMILES string of the molecule is Cn1nnc(-c2ccc(-c3cnc(N(C4CC4)[C@H]4C[C@@H]5CCC[C@H](N5)[C@H]4F)nn3)c(O)c2)n1. The number of nitrogens with one attached hydrogen (secondary N) is 1. The van der Waals surface area contributed by atoms with Crippen LogP contribution in [-0.4, -0.2) is 70.8 Å². The second-order valence-electron chi connectivity index (χ2n) is 9.26. The largest absolute Gasteiger partial charge is 0.507 e. The lowest BCUT2D eigenvalue weighted by atomic mass is 9.82. The van der Waals surface area contributed by atoms with Crippen LogP contribution in [0.15, 0.2) is 24.4 Å². The summed E-state index contributed by atoms with van der Waals surface area (Å²) < 4.78 is 15.4. The molecular formula is C22H26FN9O. The lowest BCUT2D eigenvalue weighted by Gasteiger charge is -2.46. The average molecular weight is 452 g/mol. The summed E-state index contributed by atoms with van der Waals surface area (Å²) in [5, 5.41) is 34.7. The second-order valence-corrected chi connectivity index (χ2v) is 9.26. The number of aromatic nitrogens is 7. The van der Waals surface area contributed by atoms with Crippen molar-refractivity contribution in [2.24, 2.45) is 7.05 Å². The fourth-order valence-electron chi connectivity index (χ4n) is 5.18. The molecule has 11 heteroatoms. The lowest BCUT2D eigenvalue weighted by molar-refractivity contribution is 0.103. The molecule has 0 unspecified atom stereocenters. The molecular weight excluding hydrogens is 425 g/mol. The highest BCUT2D eigenvalue weighted by molar-refractivity contribution is 5.71. The van der Waals surface area contributed by atoms with Crippen LogP contribution in [-0.2, 0) is 7.05 Å². The van der Waals surface area contributed by atoms with Crippen molar-refractivity contribution in [1.29, 1.82) is 0 Å². The zero-order valence-corrected chi connectivity index (χ0v) is 18.3. The smallest absolute Gasteiger partial charge is 0.245 e. The normalized spacial score (nSPS) is 26.8. The van der Waals surface area contributed by atoms with Crippen molar-refractivity contribution in [2.75, 3.05) is 4.90 Å². The number of anilines is 1. The standard InChI is InChI=1S/C22H26FN9O/c1-31-29-21(27-30-31)12-5-8-15(19(33)9-12)17-11-24-22(28-26-17)32(14-6-7-14)18-10-13-3-2-4-16(25-13)20(18)23/h5,8-9,11,13-14,16,18,20,25,33H,2-4,6-7,10H2,1H3/t13-,16-,18-,20+/m0/s1. The number of hydrogen-bond donors (Lipinski definition) is 2. The first-order chi connectivity index (χ1) is 16.1. The van der Waals surface area contributed by atoms with Crippen LogP contribution in [0.5, 0.6) is 5.75 Å². The summed E-state index contributed by atoms with van der Waals surface area (Å²) in [6.45, 7) is 0. The summed E-state index contributed by atoms with van der Waals surface area (Å²) >= 11 is 0. The first-order valence-electron chi connectivity index (χ1n) is 11.5. The third-order valence-electron chi connectivity index (χ3n) is 6.91. The summed E-state index contributed by atoms with van der Waals surface area (Å²) in [5.41, 5.74) is 1.60. The molecule has 0 radical (unpaired) electrons. The van der Waals surface area contributed by atoms with E-state index in [4.69, 9.17) is 0 Å². The number of alkyl halides is 1. The van der Waals surface area contributed by atoms with E-state index in [2.05, 4.69) is 40.8 Å². The van der Waals surface area contributed by atoms with Gasteiger partial charge in [-0.15, -0.1) is 20.4 Å². The maximum atomic E-state index is 15.4. The fraction of sp³-hybridized carbons (Fsp3) is 0.545. The Balaban J connectivity index is 1.26. The maximum Gasteiger partial charge on any atom is 0.245 e. The van der Waals surface area contributed by atoms with Crippen molar-refractivity contribution < 1.29 is 9.50 Å². The third-order valence-corrected chi connectivity index (χ3v) is 6.91. The van der Waals surface area contributed by atoms with Crippen LogP contribution in [0.2, 0.25) is 0 Å². The Kier molecular flexibility index (Phi) is 4.93. The minimum absolute atomic E-state index is 0.0258. The van der Waals surface area contributed by atoms with Gasteiger partial charge in [-0.25, -0.2) is 9.37 Å². The van der Waals surface area contributed by atoms with Gasteiger partial charge >= 0.3 is 0 Å². The molecule has 2 N–H and O–H groups in total. The van der Waals surface area contributed by atoms with E-state index in [1.165, 1.54) is 4.80 Å². The molecule has 4 heterocycles. The van der Waals surface area contributed by atoms with Gasteiger partial charge in [0.15, 0.2) is 0 Å². The summed E-state index contributed by atoms with van der Waals surface area (Å²) in [6.07, 6.45) is 6.52. The predicted octanol–water partition coefficient (Wildman–Crippen LogP) is 2.02. The molecule has 1 aromatic carbocycles. The van der Waals surface area contributed by atoms with Crippen LogP contribution in [0.3, 0.4) is 0 Å². The van der Waals surface area contributed by atoms with Crippen LogP contribution >= 0.6 is 0 Å². The Labute approximate surface area is 190 Å². The molecule has 3 fully saturated rings. The van der Waals surface area contributed by atoms with E-state index in [0.717, 1.165) is 38.5 Å². The zero-order valence-electron chi connectivity index (χ0n) is 18.3. The Morgan fingerprint density at radius 2 is 2.03 bits per heavy atom.